The summed E-state index contributed by atoms with van der Waals surface area (Å²) < 4.78 is 2.04. The first-order chi connectivity index (χ1) is 9.02. The van der Waals surface area contributed by atoms with E-state index in [1.54, 1.807) is 0 Å². The van der Waals surface area contributed by atoms with Crippen LogP contribution >= 0.6 is 11.8 Å². The highest BCUT2D eigenvalue weighted by Crippen LogP contribution is 2.12. The van der Waals surface area contributed by atoms with Gasteiger partial charge in [-0.1, -0.05) is 20.8 Å². The molecule has 1 atom stereocenters. The fourth-order valence-electron chi connectivity index (χ4n) is 1.95. The molecular weight excluding hydrogens is 254 g/mol. The normalized spacial score (nSPS) is 13.4. The molecule has 1 rings (SSSR count). The third-order valence-electron chi connectivity index (χ3n) is 2.91. The lowest BCUT2D eigenvalue weighted by atomic mass is 10.2. The molecule has 4 heteroatoms. The molecule has 0 amide bonds. The van der Waals surface area contributed by atoms with Crippen LogP contribution in [0.1, 0.15) is 46.4 Å². The second-order valence-corrected chi connectivity index (χ2v) is 6.85. The smallest absolute Gasteiger partial charge is 0.0640 e. The van der Waals surface area contributed by atoms with Gasteiger partial charge in [0, 0.05) is 30.5 Å². The van der Waals surface area contributed by atoms with Crippen LogP contribution < -0.4 is 5.32 Å². The molecule has 0 aliphatic rings. The Labute approximate surface area is 122 Å². The van der Waals surface area contributed by atoms with Crippen molar-refractivity contribution in [2.75, 3.05) is 18.1 Å². The molecule has 3 nitrogen and oxygen atoms in total. The molecule has 0 aliphatic carbocycles. The molecule has 0 saturated heterocycles. The molecule has 110 valence electrons. The number of nitrogens with zero attached hydrogens (tertiary/aromatic N) is 2. The first-order valence-corrected chi connectivity index (χ1v) is 8.53. The average molecular weight is 283 g/mol. The van der Waals surface area contributed by atoms with Crippen LogP contribution in [-0.2, 0) is 6.42 Å². The Balaban J connectivity index is 2.46. The van der Waals surface area contributed by atoms with Gasteiger partial charge in [0.25, 0.3) is 0 Å². The van der Waals surface area contributed by atoms with Gasteiger partial charge in [-0.15, -0.1) is 0 Å². The van der Waals surface area contributed by atoms with Crippen molar-refractivity contribution in [3.63, 3.8) is 0 Å². The fraction of sp³-hybridized carbons (Fsp3) is 0.800. The monoisotopic (exact) mass is 283 g/mol. The third-order valence-corrected chi connectivity index (χ3v) is 4.45. The number of rotatable bonds is 9. The van der Waals surface area contributed by atoms with Gasteiger partial charge in [-0.25, -0.2) is 0 Å². The minimum absolute atomic E-state index is 0.446. The van der Waals surface area contributed by atoms with Gasteiger partial charge in [-0.3, -0.25) is 4.68 Å². The summed E-state index contributed by atoms with van der Waals surface area (Å²) in [6.45, 7) is 12.1. The lowest BCUT2D eigenvalue weighted by molar-refractivity contribution is 0.513. The lowest BCUT2D eigenvalue weighted by Crippen LogP contribution is -2.33. The Bertz CT molecular complexity index is 347. The van der Waals surface area contributed by atoms with Crippen molar-refractivity contribution < 1.29 is 0 Å². The Hall–Kier alpha value is -0.480. The molecule has 0 fully saturated rings. The minimum atomic E-state index is 0.446. The van der Waals surface area contributed by atoms with E-state index in [2.05, 4.69) is 57.3 Å². The molecule has 0 radical (unpaired) electrons. The van der Waals surface area contributed by atoms with E-state index in [1.165, 1.54) is 17.2 Å². The van der Waals surface area contributed by atoms with Crippen molar-refractivity contribution >= 4 is 11.8 Å². The van der Waals surface area contributed by atoms with E-state index in [1.807, 2.05) is 16.4 Å². The maximum Gasteiger partial charge on any atom is 0.0640 e. The van der Waals surface area contributed by atoms with Crippen LogP contribution in [0.25, 0.3) is 0 Å². The summed E-state index contributed by atoms with van der Waals surface area (Å²) in [4.78, 5) is 0. The predicted octanol–water partition coefficient (Wildman–Crippen LogP) is 3.37. The summed E-state index contributed by atoms with van der Waals surface area (Å²) in [5.41, 5.74) is 1.20. The highest BCUT2D eigenvalue weighted by atomic mass is 32.2. The van der Waals surface area contributed by atoms with Gasteiger partial charge in [0.2, 0.25) is 0 Å². The number of hydrogen-bond donors (Lipinski definition) is 1. The number of thioether (sulfide) groups is 1. The second-order valence-electron chi connectivity index (χ2n) is 5.77. The first-order valence-electron chi connectivity index (χ1n) is 7.38. The summed E-state index contributed by atoms with van der Waals surface area (Å²) in [5, 5.41) is 8.22. The molecule has 19 heavy (non-hydrogen) atoms. The number of nitrogens with one attached hydrogen (secondary N) is 1. The van der Waals surface area contributed by atoms with E-state index in [0.717, 1.165) is 18.9 Å². The maximum absolute atomic E-state index is 4.64. The van der Waals surface area contributed by atoms with E-state index in [9.17, 15) is 0 Å². The largest absolute Gasteiger partial charge is 0.313 e. The Morgan fingerprint density at radius 3 is 2.53 bits per heavy atom. The topological polar surface area (TPSA) is 29.9 Å². The number of hydrogen-bond acceptors (Lipinski definition) is 3. The van der Waals surface area contributed by atoms with Crippen LogP contribution in [0.5, 0.6) is 0 Å². The molecule has 0 saturated carbocycles. The van der Waals surface area contributed by atoms with Gasteiger partial charge in [-0.2, -0.15) is 16.9 Å². The maximum atomic E-state index is 4.64. The summed E-state index contributed by atoms with van der Waals surface area (Å²) in [5.74, 6) is 3.18. The third kappa shape index (κ3) is 6.48. The van der Waals surface area contributed by atoms with Crippen molar-refractivity contribution in [2.45, 2.75) is 53.1 Å². The van der Waals surface area contributed by atoms with Crippen LogP contribution in [0.4, 0.5) is 0 Å². The zero-order valence-corrected chi connectivity index (χ0v) is 13.8. The molecule has 0 bridgehead atoms. The van der Waals surface area contributed by atoms with Crippen molar-refractivity contribution in [1.82, 2.24) is 15.1 Å². The van der Waals surface area contributed by atoms with E-state index >= 15 is 0 Å². The molecule has 1 heterocycles. The Morgan fingerprint density at radius 1 is 1.26 bits per heavy atom. The highest BCUT2D eigenvalue weighted by molar-refractivity contribution is 7.99. The molecule has 0 spiro atoms. The van der Waals surface area contributed by atoms with Crippen molar-refractivity contribution in [2.24, 2.45) is 5.92 Å². The van der Waals surface area contributed by atoms with Crippen LogP contribution in [0.2, 0.25) is 0 Å². The molecule has 1 unspecified atom stereocenters. The first kappa shape index (κ1) is 16.6. The second kappa shape index (κ2) is 8.64. The summed E-state index contributed by atoms with van der Waals surface area (Å²) in [6.07, 6.45) is 3.11. The Kier molecular flexibility index (Phi) is 7.54. The van der Waals surface area contributed by atoms with Gasteiger partial charge >= 0.3 is 0 Å². The van der Waals surface area contributed by atoms with E-state index in [-0.39, 0.29) is 0 Å². The van der Waals surface area contributed by atoms with E-state index in [0.29, 0.717) is 12.1 Å². The van der Waals surface area contributed by atoms with Gasteiger partial charge < -0.3 is 5.32 Å². The van der Waals surface area contributed by atoms with Crippen LogP contribution in [0.15, 0.2) is 12.3 Å². The van der Waals surface area contributed by atoms with Gasteiger partial charge in [-0.05, 0) is 38.1 Å². The van der Waals surface area contributed by atoms with Crippen LogP contribution in [0, 0.1) is 5.92 Å². The SMILES string of the molecule is CCNC(CSCC(C)C)Cc1ccn(C(C)C)n1. The predicted molar refractivity (Wildman–Crippen MR) is 85.9 cm³/mol. The van der Waals surface area contributed by atoms with E-state index < -0.39 is 0 Å². The summed E-state index contributed by atoms with van der Waals surface area (Å²) >= 11 is 2.04. The zero-order chi connectivity index (χ0) is 14.3. The van der Waals surface area contributed by atoms with Crippen molar-refractivity contribution in [3.05, 3.63) is 18.0 Å². The zero-order valence-electron chi connectivity index (χ0n) is 13.0. The summed E-state index contributed by atoms with van der Waals surface area (Å²) in [7, 11) is 0. The standard InChI is InChI=1S/C15H29N3S/c1-6-16-15(11-19-10-12(2)3)9-14-7-8-18(17-14)13(4)5/h7-8,12-13,15-16H,6,9-11H2,1-5H3. The average Bonchev–Trinajstić information content (AvgIpc) is 2.77. The fourth-order valence-corrected chi connectivity index (χ4v) is 3.08. The van der Waals surface area contributed by atoms with E-state index in [4.69, 9.17) is 0 Å². The Morgan fingerprint density at radius 2 is 2.00 bits per heavy atom. The minimum Gasteiger partial charge on any atom is -0.313 e. The highest BCUT2D eigenvalue weighted by Gasteiger charge is 2.11. The molecule has 0 aromatic carbocycles. The molecule has 1 aromatic rings. The number of aromatic nitrogens is 2. The lowest BCUT2D eigenvalue weighted by Gasteiger charge is -2.17. The quantitative estimate of drug-likeness (QED) is 0.753. The van der Waals surface area contributed by atoms with Crippen LogP contribution in [-0.4, -0.2) is 33.9 Å². The molecule has 0 aliphatic heterocycles. The van der Waals surface area contributed by atoms with Gasteiger partial charge in [0.15, 0.2) is 0 Å². The van der Waals surface area contributed by atoms with Crippen molar-refractivity contribution in [1.29, 1.82) is 0 Å². The van der Waals surface area contributed by atoms with Gasteiger partial charge in [0.05, 0.1) is 5.69 Å². The van der Waals surface area contributed by atoms with Crippen molar-refractivity contribution in [3.8, 4) is 0 Å². The summed E-state index contributed by atoms with van der Waals surface area (Å²) in [6, 6.07) is 3.13. The molecule has 1 N–H and O–H groups in total. The molecular formula is C15H29N3S. The number of likely N-dealkylation sites (N-methyl/N-ethyl adjacent to an activating group) is 1. The van der Waals surface area contributed by atoms with Crippen LogP contribution in [0.3, 0.4) is 0 Å². The molecule has 1 aromatic heterocycles. The van der Waals surface area contributed by atoms with Gasteiger partial charge in [0.1, 0.15) is 0 Å².